The van der Waals surface area contributed by atoms with Crippen molar-refractivity contribution < 1.29 is 4.79 Å². The van der Waals surface area contributed by atoms with Crippen LogP contribution in [0.25, 0.3) is 6.08 Å². The van der Waals surface area contributed by atoms with Crippen LogP contribution in [0.2, 0.25) is 0 Å². The standard InChI is InChI=1S/C15H16O/c16-14-7-3-4-9-15(14)10-8-12-5-1-2-6-13(12)11-15/h1-2,5-6,8,10H,3-4,7,9,11H2. The number of hydrogen-bond donors (Lipinski definition) is 0. The molecule has 1 atom stereocenters. The second-order valence-corrected chi connectivity index (χ2v) is 5.00. The van der Waals surface area contributed by atoms with Crippen molar-refractivity contribution in [2.45, 2.75) is 32.1 Å². The molecule has 2 aliphatic rings. The van der Waals surface area contributed by atoms with E-state index in [1.54, 1.807) is 0 Å². The Kier molecular flexibility index (Phi) is 2.20. The van der Waals surface area contributed by atoms with Crippen LogP contribution in [0, 0.1) is 5.41 Å². The molecule has 0 N–H and O–H groups in total. The summed E-state index contributed by atoms with van der Waals surface area (Å²) in [7, 11) is 0. The highest BCUT2D eigenvalue weighted by Crippen LogP contribution is 2.41. The van der Waals surface area contributed by atoms with Gasteiger partial charge in [-0.15, -0.1) is 0 Å². The zero-order valence-electron chi connectivity index (χ0n) is 9.41. The lowest BCUT2D eigenvalue weighted by atomic mass is 9.66. The van der Waals surface area contributed by atoms with Gasteiger partial charge in [-0.2, -0.15) is 0 Å². The summed E-state index contributed by atoms with van der Waals surface area (Å²) in [6.07, 6.45) is 9.30. The van der Waals surface area contributed by atoms with Gasteiger partial charge >= 0.3 is 0 Å². The normalized spacial score (nSPS) is 28.1. The van der Waals surface area contributed by atoms with E-state index in [1.807, 2.05) is 0 Å². The summed E-state index contributed by atoms with van der Waals surface area (Å²) >= 11 is 0. The third-order valence-electron chi connectivity index (χ3n) is 3.97. The second-order valence-electron chi connectivity index (χ2n) is 5.00. The van der Waals surface area contributed by atoms with Gasteiger partial charge in [0.1, 0.15) is 5.78 Å². The Morgan fingerprint density at radius 3 is 2.88 bits per heavy atom. The number of benzene rings is 1. The van der Waals surface area contributed by atoms with Gasteiger partial charge in [-0.25, -0.2) is 0 Å². The predicted octanol–water partition coefficient (Wildman–Crippen LogP) is 3.39. The maximum absolute atomic E-state index is 12.1. The molecule has 1 heteroatoms. The molecule has 1 unspecified atom stereocenters. The SMILES string of the molecule is O=C1CCCCC12C=Cc1ccccc1C2. The van der Waals surface area contributed by atoms with Crippen LogP contribution >= 0.6 is 0 Å². The lowest BCUT2D eigenvalue weighted by molar-refractivity contribution is -0.128. The third kappa shape index (κ3) is 1.42. The van der Waals surface area contributed by atoms with E-state index in [1.165, 1.54) is 17.5 Å². The molecule has 0 bridgehead atoms. The Balaban J connectivity index is 2.00. The average molecular weight is 212 g/mol. The highest BCUT2D eigenvalue weighted by molar-refractivity contribution is 5.89. The Bertz CT molecular complexity index is 458. The number of allylic oxidation sites excluding steroid dienone is 1. The summed E-state index contributed by atoms with van der Waals surface area (Å²) in [5, 5.41) is 0. The molecule has 2 aliphatic carbocycles. The van der Waals surface area contributed by atoms with E-state index < -0.39 is 0 Å². The molecule has 0 radical (unpaired) electrons. The van der Waals surface area contributed by atoms with Crippen molar-refractivity contribution in [3.63, 3.8) is 0 Å². The predicted molar refractivity (Wildman–Crippen MR) is 65.1 cm³/mol. The maximum atomic E-state index is 12.1. The molecule has 0 heterocycles. The maximum Gasteiger partial charge on any atom is 0.143 e. The quantitative estimate of drug-likeness (QED) is 0.644. The zero-order valence-corrected chi connectivity index (χ0v) is 9.41. The highest BCUT2D eigenvalue weighted by atomic mass is 16.1. The van der Waals surface area contributed by atoms with Crippen LogP contribution in [-0.2, 0) is 11.2 Å². The van der Waals surface area contributed by atoms with E-state index in [0.717, 1.165) is 25.7 Å². The summed E-state index contributed by atoms with van der Waals surface area (Å²) in [4.78, 5) is 12.1. The fourth-order valence-electron chi connectivity index (χ4n) is 2.98. The molecule has 3 rings (SSSR count). The van der Waals surface area contributed by atoms with Gasteiger partial charge in [-0.1, -0.05) is 42.8 Å². The molecular formula is C15H16O. The minimum atomic E-state index is -0.160. The number of carbonyl (C=O) groups is 1. The van der Waals surface area contributed by atoms with Crippen LogP contribution in [0.15, 0.2) is 30.3 Å². The summed E-state index contributed by atoms with van der Waals surface area (Å²) < 4.78 is 0. The Morgan fingerprint density at radius 2 is 2.00 bits per heavy atom. The molecule has 1 fully saturated rings. The number of carbonyl (C=O) groups excluding carboxylic acids is 1. The molecule has 0 amide bonds. The molecule has 1 aromatic carbocycles. The van der Waals surface area contributed by atoms with E-state index in [9.17, 15) is 4.79 Å². The van der Waals surface area contributed by atoms with Crippen LogP contribution in [0.4, 0.5) is 0 Å². The largest absolute Gasteiger partial charge is 0.299 e. The topological polar surface area (TPSA) is 17.1 Å². The van der Waals surface area contributed by atoms with Crippen LogP contribution in [0.5, 0.6) is 0 Å². The first-order chi connectivity index (χ1) is 7.80. The number of ketones is 1. The van der Waals surface area contributed by atoms with E-state index in [2.05, 4.69) is 36.4 Å². The first-order valence-electron chi connectivity index (χ1n) is 6.11. The van der Waals surface area contributed by atoms with E-state index in [-0.39, 0.29) is 5.41 Å². The molecule has 0 aliphatic heterocycles. The van der Waals surface area contributed by atoms with Gasteiger partial charge in [0.2, 0.25) is 0 Å². The van der Waals surface area contributed by atoms with E-state index in [0.29, 0.717) is 5.78 Å². The average Bonchev–Trinajstić information content (AvgIpc) is 2.33. The smallest absolute Gasteiger partial charge is 0.143 e. The molecule has 1 spiro atoms. The van der Waals surface area contributed by atoms with Crippen molar-refractivity contribution in [2.75, 3.05) is 0 Å². The first-order valence-corrected chi connectivity index (χ1v) is 6.11. The number of rotatable bonds is 0. The van der Waals surface area contributed by atoms with Crippen molar-refractivity contribution in [1.29, 1.82) is 0 Å². The van der Waals surface area contributed by atoms with Gasteiger partial charge < -0.3 is 0 Å². The van der Waals surface area contributed by atoms with Crippen molar-refractivity contribution in [3.05, 3.63) is 41.5 Å². The van der Waals surface area contributed by atoms with Crippen LogP contribution in [0.1, 0.15) is 36.8 Å². The van der Waals surface area contributed by atoms with Crippen molar-refractivity contribution >= 4 is 11.9 Å². The molecule has 1 nitrogen and oxygen atoms in total. The molecule has 0 aromatic heterocycles. The molecule has 0 saturated heterocycles. The Morgan fingerprint density at radius 1 is 1.12 bits per heavy atom. The summed E-state index contributed by atoms with van der Waals surface area (Å²) in [6.45, 7) is 0. The molecule has 16 heavy (non-hydrogen) atoms. The minimum absolute atomic E-state index is 0.160. The van der Waals surface area contributed by atoms with Crippen molar-refractivity contribution in [2.24, 2.45) is 5.41 Å². The molecule has 1 aromatic rings. The Labute approximate surface area is 96.2 Å². The number of Topliss-reactive ketones (excluding diaryl/α,β-unsaturated/α-hetero) is 1. The van der Waals surface area contributed by atoms with Crippen molar-refractivity contribution in [1.82, 2.24) is 0 Å². The third-order valence-corrected chi connectivity index (χ3v) is 3.97. The van der Waals surface area contributed by atoms with Crippen molar-refractivity contribution in [3.8, 4) is 0 Å². The van der Waals surface area contributed by atoms with Crippen LogP contribution < -0.4 is 0 Å². The summed E-state index contributed by atoms with van der Waals surface area (Å²) in [6, 6.07) is 8.41. The summed E-state index contributed by atoms with van der Waals surface area (Å²) in [5.74, 6) is 0.449. The van der Waals surface area contributed by atoms with Gasteiger partial charge in [0.15, 0.2) is 0 Å². The first kappa shape index (κ1) is 9.83. The van der Waals surface area contributed by atoms with Gasteiger partial charge in [0.05, 0.1) is 5.41 Å². The molecule has 1 saturated carbocycles. The van der Waals surface area contributed by atoms with E-state index in [4.69, 9.17) is 0 Å². The fraction of sp³-hybridized carbons (Fsp3) is 0.400. The second kappa shape index (κ2) is 3.58. The van der Waals surface area contributed by atoms with Gasteiger partial charge in [0.25, 0.3) is 0 Å². The van der Waals surface area contributed by atoms with Gasteiger partial charge in [0, 0.05) is 6.42 Å². The van der Waals surface area contributed by atoms with Crippen LogP contribution in [0.3, 0.4) is 0 Å². The summed E-state index contributed by atoms with van der Waals surface area (Å²) in [5.41, 5.74) is 2.46. The van der Waals surface area contributed by atoms with Gasteiger partial charge in [-0.3, -0.25) is 4.79 Å². The number of hydrogen-bond acceptors (Lipinski definition) is 1. The van der Waals surface area contributed by atoms with Crippen LogP contribution in [-0.4, -0.2) is 5.78 Å². The lowest BCUT2D eigenvalue weighted by Crippen LogP contribution is -2.35. The van der Waals surface area contributed by atoms with E-state index >= 15 is 0 Å². The molecular weight excluding hydrogens is 196 g/mol. The highest BCUT2D eigenvalue weighted by Gasteiger charge is 2.39. The minimum Gasteiger partial charge on any atom is -0.299 e. The molecule has 82 valence electrons. The number of fused-ring (bicyclic) bond motifs is 1. The lowest BCUT2D eigenvalue weighted by Gasteiger charge is -2.35. The Hall–Kier alpha value is -1.37. The van der Waals surface area contributed by atoms with Gasteiger partial charge in [-0.05, 0) is 30.4 Å². The zero-order chi connectivity index (χ0) is 11.0. The fourth-order valence-corrected chi connectivity index (χ4v) is 2.98. The monoisotopic (exact) mass is 212 g/mol.